The van der Waals surface area contributed by atoms with Crippen molar-refractivity contribution in [3.05, 3.63) is 66.1 Å². The normalized spacial score (nSPS) is 14.8. The van der Waals surface area contributed by atoms with Crippen LogP contribution < -0.4 is 14.8 Å². The largest absolute Gasteiger partial charge is 0.486 e. The Morgan fingerprint density at radius 1 is 1.16 bits per heavy atom. The lowest BCUT2D eigenvalue weighted by Gasteiger charge is -2.30. The summed E-state index contributed by atoms with van der Waals surface area (Å²) in [4.78, 5) is 18.9. The Morgan fingerprint density at radius 3 is 2.71 bits per heavy atom. The average molecular weight is 421 g/mol. The van der Waals surface area contributed by atoms with E-state index in [1.807, 2.05) is 62.4 Å². The van der Waals surface area contributed by atoms with Crippen LogP contribution in [0.25, 0.3) is 11.5 Å². The number of fused-ring (bicyclic) bond motifs is 1. The van der Waals surface area contributed by atoms with Crippen molar-refractivity contribution in [3.8, 4) is 23.0 Å². The molecule has 1 aromatic heterocycles. The molecule has 0 saturated carbocycles. The van der Waals surface area contributed by atoms with E-state index in [0.29, 0.717) is 44.3 Å². The van der Waals surface area contributed by atoms with Gasteiger partial charge in [0.15, 0.2) is 17.6 Å². The number of hydrogen-bond acceptors (Lipinski definition) is 5. The topological polar surface area (TPSA) is 76.8 Å². The van der Waals surface area contributed by atoms with Gasteiger partial charge in [-0.2, -0.15) is 0 Å². The Balaban J connectivity index is 1.26. The molecule has 7 heteroatoms. The monoisotopic (exact) mass is 421 g/mol. The van der Waals surface area contributed by atoms with Crippen molar-refractivity contribution in [3.63, 3.8) is 0 Å². The number of para-hydroxylation sites is 2. The maximum absolute atomic E-state index is 12.6. The summed E-state index contributed by atoms with van der Waals surface area (Å²) < 4.78 is 17.3. The lowest BCUT2D eigenvalue weighted by Crippen LogP contribution is -2.47. The Labute approximate surface area is 182 Å². The third kappa shape index (κ3) is 5.17. The van der Waals surface area contributed by atoms with Gasteiger partial charge >= 0.3 is 6.03 Å². The Bertz CT molecular complexity index is 1020. The number of aryl methyl sites for hydroxylation is 1. The molecule has 1 N–H and O–H groups in total. The molecule has 3 aromatic rings. The summed E-state index contributed by atoms with van der Waals surface area (Å²) in [6, 6.07) is 15.5. The zero-order chi connectivity index (χ0) is 21.6. The first kappa shape index (κ1) is 20.8. The second-order valence-electron chi connectivity index (χ2n) is 7.53. The molecule has 0 saturated heterocycles. The SMILES string of the molecule is CCN(CC1COc2ccccc2O1)C(=O)NCCc1coc(-c2ccc(C)cc2)n1. The number of nitrogens with zero attached hydrogens (tertiary/aromatic N) is 2. The van der Waals surface area contributed by atoms with E-state index in [2.05, 4.69) is 10.3 Å². The van der Waals surface area contributed by atoms with Crippen LogP contribution in [0.4, 0.5) is 4.79 Å². The Morgan fingerprint density at radius 2 is 1.94 bits per heavy atom. The number of oxazole rings is 1. The number of carbonyl (C=O) groups excluding carboxylic acids is 1. The van der Waals surface area contributed by atoms with Gasteiger partial charge in [-0.25, -0.2) is 9.78 Å². The number of hydrogen-bond donors (Lipinski definition) is 1. The van der Waals surface area contributed by atoms with Gasteiger partial charge in [0.2, 0.25) is 5.89 Å². The first-order valence-electron chi connectivity index (χ1n) is 10.5. The van der Waals surface area contributed by atoms with E-state index in [1.54, 1.807) is 11.2 Å². The fraction of sp³-hybridized carbons (Fsp3) is 0.333. The van der Waals surface area contributed by atoms with Gasteiger partial charge < -0.3 is 24.1 Å². The van der Waals surface area contributed by atoms with E-state index in [1.165, 1.54) is 5.56 Å². The Hall–Kier alpha value is -3.48. The lowest BCUT2D eigenvalue weighted by atomic mass is 10.1. The molecule has 1 aliphatic rings. The quantitative estimate of drug-likeness (QED) is 0.622. The van der Waals surface area contributed by atoms with E-state index < -0.39 is 0 Å². The maximum atomic E-state index is 12.6. The van der Waals surface area contributed by atoms with E-state index in [-0.39, 0.29) is 12.1 Å². The summed E-state index contributed by atoms with van der Waals surface area (Å²) in [5, 5.41) is 2.96. The minimum atomic E-state index is -0.201. The number of urea groups is 1. The van der Waals surface area contributed by atoms with Crippen LogP contribution in [0, 0.1) is 6.92 Å². The summed E-state index contributed by atoms with van der Waals surface area (Å²) in [7, 11) is 0. The molecular weight excluding hydrogens is 394 g/mol. The molecule has 2 aromatic carbocycles. The van der Waals surface area contributed by atoms with Gasteiger partial charge in [0.1, 0.15) is 12.9 Å². The van der Waals surface area contributed by atoms with Crippen molar-refractivity contribution in [2.45, 2.75) is 26.4 Å². The fourth-order valence-corrected chi connectivity index (χ4v) is 3.41. The van der Waals surface area contributed by atoms with Gasteiger partial charge in [0.25, 0.3) is 0 Å². The maximum Gasteiger partial charge on any atom is 0.317 e. The predicted molar refractivity (Wildman–Crippen MR) is 117 cm³/mol. The number of likely N-dealkylation sites (N-methyl/N-ethyl adjacent to an activating group) is 1. The molecule has 0 aliphatic carbocycles. The minimum Gasteiger partial charge on any atom is -0.486 e. The smallest absolute Gasteiger partial charge is 0.317 e. The van der Waals surface area contributed by atoms with E-state index in [9.17, 15) is 4.79 Å². The molecule has 2 heterocycles. The van der Waals surface area contributed by atoms with E-state index in [0.717, 1.165) is 17.0 Å². The van der Waals surface area contributed by atoms with Crippen molar-refractivity contribution in [1.82, 2.24) is 15.2 Å². The molecule has 0 radical (unpaired) electrons. The summed E-state index contributed by atoms with van der Waals surface area (Å²) in [5.41, 5.74) is 2.93. The van der Waals surface area contributed by atoms with Crippen LogP contribution in [0.5, 0.6) is 11.5 Å². The predicted octanol–water partition coefficient (Wildman–Crippen LogP) is 4.06. The highest BCUT2D eigenvalue weighted by Crippen LogP contribution is 2.31. The zero-order valence-electron chi connectivity index (χ0n) is 17.8. The molecule has 2 amide bonds. The van der Waals surface area contributed by atoms with Crippen molar-refractivity contribution in [2.75, 3.05) is 26.2 Å². The highest BCUT2D eigenvalue weighted by Gasteiger charge is 2.24. The summed E-state index contributed by atoms with van der Waals surface area (Å²) >= 11 is 0. The van der Waals surface area contributed by atoms with Crippen molar-refractivity contribution in [2.24, 2.45) is 0 Å². The number of nitrogens with one attached hydrogen (secondary N) is 1. The third-order valence-corrected chi connectivity index (χ3v) is 5.17. The molecular formula is C24H27N3O4. The molecule has 1 aliphatic heterocycles. The average Bonchev–Trinajstić information content (AvgIpc) is 3.26. The van der Waals surface area contributed by atoms with Gasteiger partial charge in [-0.15, -0.1) is 0 Å². The fourth-order valence-electron chi connectivity index (χ4n) is 3.41. The highest BCUT2D eigenvalue weighted by atomic mass is 16.6. The number of benzene rings is 2. The van der Waals surface area contributed by atoms with Crippen molar-refractivity contribution < 1.29 is 18.7 Å². The van der Waals surface area contributed by atoms with Crippen LogP contribution in [0.1, 0.15) is 18.2 Å². The number of ether oxygens (including phenoxy) is 2. The third-order valence-electron chi connectivity index (χ3n) is 5.17. The zero-order valence-corrected chi connectivity index (χ0v) is 17.8. The molecule has 0 spiro atoms. The van der Waals surface area contributed by atoms with E-state index in [4.69, 9.17) is 13.9 Å². The van der Waals surface area contributed by atoms with Crippen LogP contribution in [0.2, 0.25) is 0 Å². The van der Waals surface area contributed by atoms with Gasteiger partial charge in [-0.3, -0.25) is 0 Å². The van der Waals surface area contributed by atoms with Crippen LogP contribution in [0.3, 0.4) is 0 Å². The number of aromatic nitrogens is 1. The minimum absolute atomic E-state index is 0.132. The van der Waals surface area contributed by atoms with Gasteiger partial charge in [-0.1, -0.05) is 29.8 Å². The summed E-state index contributed by atoms with van der Waals surface area (Å²) in [6.07, 6.45) is 2.03. The van der Waals surface area contributed by atoms with Crippen LogP contribution in [-0.2, 0) is 6.42 Å². The molecule has 162 valence electrons. The summed E-state index contributed by atoms with van der Waals surface area (Å²) in [6.45, 7) is 5.91. The van der Waals surface area contributed by atoms with Gasteiger partial charge in [0.05, 0.1) is 12.2 Å². The molecule has 4 rings (SSSR count). The van der Waals surface area contributed by atoms with Crippen LogP contribution >= 0.6 is 0 Å². The van der Waals surface area contributed by atoms with Gasteiger partial charge in [0, 0.05) is 25.1 Å². The van der Waals surface area contributed by atoms with Gasteiger partial charge in [-0.05, 0) is 38.1 Å². The summed E-state index contributed by atoms with van der Waals surface area (Å²) in [5.74, 6) is 2.04. The lowest BCUT2D eigenvalue weighted by molar-refractivity contribution is 0.0676. The second-order valence-corrected chi connectivity index (χ2v) is 7.53. The van der Waals surface area contributed by atoms with Crippen molar-refractivity contribution >= 4 is 6.03 Å². The molecule has 7 nitrogen and oxygen atoms in total. The molecule has 0 fully saturated rings. The van der Waals surface area contributed by atoms with Crippen LogP contribution in [-0.4, -0.2) is 48.3 Å². The molecule has 1 atom stereocenters. The number of rotatable bonds is 7. The standard InChI is InChI=1S/C24H27N3O4/c1-3-27(14-20-16-29-21-6-4-5-7-22(21)31-20)24(28)25-13-12-19-15-30-23(26-19)18-10-8-17(2)9-11-18/h4-11,15,20H,3,12-14,16H2,1-2H3,(H,25,28). The highest BCUT2D eigenvalue weighted by molar-refractivity contribution is 5.74. The van der Waals surface area contributed by atoms with Crippen LogP contribution in [0.15, 0.2) is 59.2 Å². The molecule has 0 bridgehead atoms. The van der Waals surface area contributed by atoms with Crippen molar-refractivity contribution in [1.29, 1.82) is 0 Å². The first-order valence-corrected chi connectivity index (χ1v) is 10.5. The second kappa shape index (κ2) is 9.55. The first-order chi connectivity index (χ1) is 15.1. The molecule has 31 heavy (non-hydrogen) atoms. The Kier molecular flexibility index (Phi) is 6.40. The number of amides is 2. The molecule has 1 unspecified atom stereocenters. The number of carbonyl (C=O) groups is 1. The van der Waals surface area contributed by atoms with E-state index >= 15 is 0 Å².